The molecular weight excluding hydrogens is 594 g/mol. The molecular formula is C18H16Br3N3O4S. The van der Waals surface area contributed by atoms with Crippen molar-refractivity contribution in [2.45, 2.75) is 26.1 Å². The molecule has 3 N–H and O–H groups in total. The van der Waals surface area contributed by atoms with Gasteiger partial charge in [-0.1, -0.05) is 15.9 Å². The number of thiophene rings is 1. The SMILES string of the molecule is CCOC(=O)N1CCc2c(sc3c2C(=O)N[C@@H](c2c(Br)cc(Br)c(O)c2Br)N3)C1. The molecule has 154 valence electrons. The zero-order valence-corrected chi connectivity index (χ0v) is 20.7. The summed E-state index contributed by atoms with van der Waals surface area (Å²) >= 11 is 11.7. The molecule has 1 aromatic heterocycles. The summed E-state index contributed by atoms with van der Waals surface area (Å²) in [4.78, 5) is 27.6. The van der Waals surface area contributed by atoms with Crippen LogP contribution in [0, 0.1) is 0 Å². The molecule has 3 heterocycles. The number of aromatic hydroxyl groups is 1. The van der Waals surface area contributed by atoms with Gasteiger partial charge in [0.25, 0.3) is 5.91 Å². The summed E-state index contributed by atoms with van der Waals surface area (Å²) in [7, 11) is 0. The average molecular weight is 610 g/mol. The second kappa shape index (κ2) is 8.09. The number of phenols is 1. The largest absolute Gasteiger partial charge is 0.506 e. The first-order valence-corrected chi connectivity index (χ1v) is 12.0. The van der Waals surface area contributed by atoms with Crippen LogP contribution < -0.4 is 10.6 Å². The highest BCUT2D eigenvalue weighted by Gasteiger charge is 2.36. The summed E-state index contributed by atoms with van der Waals surface area (Å²) in [5.74, 6) is -0.118. The van der Waals surface area contributed by atoms with Crippen molar-refractivity contribution in [1.82, 2.24) is 10.2 Å². The van der Waals surface area contributed by atoms with E-state index < -0.39 is 6.17 Å². The lowest BCUT2D eigenvalue weighted by Gasteiger charge is -2.29. The van der Waals surface area contributed by atoms with Gasteiger partial charge in [0.15, 0.2) is 0 Å². The molecule has 2 aromatic rings. The second-order valence-corrected chi connectivity index (χ2v) is 10.2. The Bertz CT molecular complexity index is 1030. The first kappa shape index (κ1) is 21.0. The Kier molecular flexibility index (Phi) is 5.84. The highest BCUT2D eigenvalue weighted by Crippen LogP contribution is 2.46. The van der Waals surface area contributed by atoms with Gasteiger partial charge in [-0.25, -0.2) is 4.79 Å². The Hall–Kier alpha value is -1.30. The van der Waals surface area contributed by atoms with Gasteiger partial charge in [0.2, 0.25) is 0 Å². The van der Waals surface area contributed by atoms with E-state index in [4.69, 9.17) is 4.74 Å². The third-order valence-electron chi connectivity index (χ3n) is 4.83. The predicted octanol–water partition coefficient (Wildman–Crippen LogP) is 5.11. The van der Waals surface area contributed by atoms with Crippen molar-refractivity contribution in [3.63, 3.8) is 0 Å². The van der Waals surface area contributed by atoms with Crippen molar-refractivity contribution in [2.75, 3.05) is 18.5 Å². The van der Waals surface area contributed by atoms with Crippen molar-refractivity contribution in [3.05, 3.63) is 41.1 Å². The fraction of sp³-hybridized carbons (Fsp3) is 0.333. The van der Waals surface area contributed by atoms with Crippen molar-refractivity contribution in [1.29, 1.82) is 0 Å². The molecule has 0 bridgehead atoms. The van der Waals surface area contributed by atoms with Crippen molar-refractivity contribution in [3.8, 4) is 5.75 Å². The van der Waals surface area contributed by atoms with Gasteiger partial charge >= 0.3 is 6.09 Å². The molecule has 0 spiro atoms. The predicted molar refractivity (Wildman–Crippen MR) is 120 cm³/mol. The zero-order chi connectivity index (χ0) is 20.9. The maximum Gasteiger partial charge on any atom is 0.410 e. The molecule has 0 saturated heterocycles. The number of amides is 2. The number of nitrogens with zero attached hydrogens (tertiary/aromatic N) is 1. The number of halogens is 3. The molecule has 2 amide bonds. The topological polar surface area (TPSA) is 90.9 Å². The minimum Gasteiger partial charge on any atom is -0.506 e. The van der Waals surface area contributed by atoms with Crippen molar-refractivity contribution >= 4 is 76.1 Å². The van der Waals surface area contributed by atoms with Crippen LogP contribution in [0.3, 0.4) is 0 Å². The molecule has 2 aliphatic rings. The van der Waals surface area contributed by atoms with Gasteiger partial charge < -0.3 is 25.4 Å². The van der Waals surface area contributed by atoms with E-state index in [0.717, 1.165) is 19.9 Å². The number of nitrogens with one attached hydrogen (secondary N) is 2. The number of anilines is 1. The standard InChI is InChI=1S/C18H16Br3N3O4S/c1-2-28-18(27)24-4-3-7-10(6-24)29-17-11(7)16(26)22-15(23-17)12-8(19)5-9(20)14(25)13(12)21/h5,15,23,25H,2-4,6H2,1H3,(H,22,26)/t15-/m1/s1. The Morgan fingerprint density at radius 3 is 2.83 bits per heavy atom. The van der Waals surface area contributed by atoms with E-state index in [9.17, 15) is 14.7 Å². The highest BCUT2D eigenvalue weighted by atomic mass is 79.9. The Morgan fingerprint density at radius 1 is 1.34 bits per heavy atom. The molecule has 1 aromatic carbocycles. The highest BCUT2D eigenvalue weighted by molar-refractivity contribution is 9.11. The third kappa shape index (κ3) is 3.66. The molecule has 0 fully saturated rings. The van der Waals surface area contributed by atoms with Crippen LogP contribution >= 0.6 is 59.1 Å². The molecule has 0 radical (unpaired) electrons. The minimum absolute atomic E-state index is 0.0561. The summed E-state index contributed by atoms with van der Waals surface area (Å²) in [5, 5.41) is 17.4. The van der Waals surface area contributed by atoms with Gasteiger partial charge in [-0.3, -0.25) is 4.79 Å². The number of ether oxygens (including phenoxy) is 1. The van der Waals surface area contributed by atoms with Crippen molar-refractivity contribution in [2.24, 2.45) is 0 Å². The fourth-order valence-corrected chi connectivity index (χ4v) is 7.36. The maximum atomic E-state index is 12.9. The van der Waals surface area contributed by atoms with Crippen LogP contribution in [-0.2, 0) is 17.7 Å². The van der Waals surface area contributed by atoms with E-state index >= 15 is 0 Å². The van der Waals surface area contributed by atoms with Crippen molar-refractivity contribution < 1.29 is 19.4 Å². The molecule has 0 aliphatic carbocycles. The number of fused-ring (bicyclic) bond motifs is 3. The van der Waals surface area contributed by atoms with Crippen LogP contribution in [0.2, 0.25) is 0 Å². The number of hydrogen-bond donors (Lipinski definition) is 3. The molecule has 4 rings (SSSR count). The van der Waals surface area contributed by atoms with E-state index in [0.29, 0.717) is 46.2 Å². The summed E-state index contributed by atoms with van der Waals surface area (Å²) < 4.78 is 6.84. The summed E-state index contributed by atoms with van der Waals surface area (Å²) in [6.07, 6.45) is -0.260. The van der Waals surface area contributed by atoms with Crippen LogP contribution in [0.5, 0.6) is 5.75 Å². The van der Waals surface area contributed by atoms with Crippen LogP contribution in [0.1, 0.15) is 39.5 Å². The average Bonchev–Trinajstić information content (AvgIpc) is 3.04. The number of phenolic OH excluding ortho intramolecular Hbond substituents is 1. The normalized spacial score (nSPS) is 17.9. The monoisotopic (exact) mass is 607 g/mol. The lowest BCUT2D eigenvalue weighted by Crippen LogP contribution is -2.40. The number of rotatable bonds is 2. The second-order valence-electron chi connectivity index (χ2n) is 6.55. The summed E-state index contributed by atoms with van der Waals surface area (Å²) in [5.41, 5.74) is 2.30. The summed E-state index contributed by atoms with van der Waals surface area (Å²) in [6, 6.07) is 1.73. The van der Waals surface area contributed by atoms with Gasteiger partial charge in [0.1, 0.15) is 16.9 Å². The zero-order valence-electron chi connectivity index (χ0n) is 15.1. The number of benzene rings is 1. The van der Waals surface area contributed by atoms with Crippen LogP contribution in [-0.4, -0.2) is 35.2 Å². The molecule has 29 heavy (non-hydrogen) atoms. The van der Waals surface area contributed by atoms with E-state index in [1.807, 2.05) is 0 Å². The van der Waals surface area contributed by atoms with E-state index in [-0.39, 0.29) is 17.7 Å². The molecule has 2 aliphatic heterocycles. The van der Waals surface area contributed by atoms with Gasteiger partial charge in [-0.15, -0.1) is 11.3 Å². The molecule has 7 nitrogen and oxygen atoms in total. The first-order valence-electron chi connectivity index (χ1n) is 8.81. The van der Waals surface area contributed by atoms with Crippen LogP contribution in [0.15, 0.2) is 19.5 Å². The Labute approximate surface area is 196 Å². The number of carbonyl (C=O) groups is 2. The van der Waals surface area contributed by atoms with Gasteiger partial charge in [-0.05, 0) is 56.8 Å². The quantitative estimate of drug-likeness (QED) is 0.440. The molecule has 1 atom stereocenters. The third-order valence-corrected chi connectivity index (χ3v) is 8.04. The van der Waals surface area contributed by atoms with Gasteiger partial charge in [-0.2, -0.15) is 0 Å². The maximum absolute atomic E-state index is 12.9. The Balaban J connectivity index is 1.66. The lowest BCUT2D eigenvalue weighted by atomic mass is 10.0. The van der Waals surface area contributed by atoms with E-state index in [1.54, 1.807) is 17.9 Å². The smallest absolute Gasteiger partial charge is 0.410 e. The lowest BCUT2D eigenvalue weighted by molar-refractivity contribution is 0.0934. The van der Waals surface area contributed by atoms with Gasteiger partial charge in [0.05, 0.1) is 27.7 Å². The Morgan fingerprint density at radius 2 is 2.10 bits per heavy atom. The van der Waals surface area contributed by atoms with Crippen LogP contribution in [0.4, 0.5) is 9.80 Å². The van der Waals surface area contributed by atoms with E-state index in [1.165, 1.54) is 11.3 Å². The minimum atomic E-state index is -0.529. The first-order chi connectivity index (χ1) is 13.8. The number of hydrogen-bond acceptors (Lipinski definition) is 6. The summed E-state index contributed by atoms with van der Waals surface area (Å²) in [6.45, 7) is 3.06. The fourth-order valence-electron chi connectivity index (χ4n) is 3.49. The van der Waals surface area contributed by atoms with Crippen LogP contribution in [0.25, 0.3) is 0 Å². The molecule has 11 heteroatoms. The molecule has 0 saturated carbocycles. The van der Waals surface area contributed by atoms with E-state index in [2.05, 4.69) is 58.4 Å². The number of carbonyl (C=O) groups excluding carboxylic acids is 2. The molecule has 0 unspecified atom stereocenters. The van der Waals surface area contributed by atoms with Gasteiger partial charge in [0, 0.05) is 21.5 Å².